The largest absolute Gasteiger partial charge is 0.410 e. The molecule has 0 amide bonds. The molecule has 1 N–H and O–H groups in total. The Morgan fingerprint density at radius 2 is 1.85 bits per heavy atom. The van der Waals surface area contributed by atoms with Crippen LogP contribution in [0.3, 0.4) is 0 Å². The molecule has 2 rings (SSSR count). The summed E-state index contributed by atoms with van der Waals surface area (Å²) in [4.78, 5) is 0. The third-order valence-electron chi connectivity index (χ3n) is 2.66. The summed E-state index contributed by atoms with van der Waals surface area (Å²) in [6.45, 7) is 0. The van der Waals surface area contributed by atoms with Gasteiger partial charge in [-0.2, -0.15) is 5.26 Å². The summed E-state index contributed by atoms with van der Waals surface area (Å²) in [7, 11) is 0. The van der Waals surface area contributed by atoms with Crippen molar-refractivity contribution in [3.8, 4) is 6.07 Å². The highest BCUT2D eigenvalue weighted by Gasteiger charge is 2.18. The molecule has 0 saturated heterocycles. The van der Waals surface area contributed by atoms with Crippen LogP contribution in [0.25, 0.3) is 5.57 Å². The van der Waals surface area contributed by atoms with Crippen LogP contribution in [0.2, 0.25) is 5.02 Å². The fraction of sp³-hybridized carbons (Fsp3) is 0. The van der Waals surface area contributed by atoms with Crippen molar-refractivity contribution in [2.45, 2.75) is 0 Å². The molecule has 6 heteroatoms. The molecule has 0 fully saturated rings. The highest BCUT2D eigenvalue weighted by molar-refractivity contribution is 9.12. The lowest BCUT2D eigenvalue weighted by Crippen LogP contribution is -2.03. The maximum atomic E-state index is 9.38. The minimum absolute atomic E-state index is 0.298. The molecule has 1 aliphatic rings. The highest BCUT2D eigenvalue weighted by Crippen LogP contribution is 2.33. The quantitative estimate of drug-likeness (QED) is 0.436. The second-order valence-corrected chi connectivity index (χ2v) is 5.58. The molecule has 0 radical (unpaired) electrons. The average molecular weight is 370 g/mol. The molecular weight excluding hydrogens is 363 g/mol. The molecule has 3 nitrogen and oxygen atoms in total. The number of nitriles is 1. The first-order valence-corrected chi connectivity index (χ1v) is 6.99. The summed E-state index contributed by atoms with van der Waals surface area (Å²) in [6, 6.07) is 9.03. The van der Waals surface area contributed by atoms with Crippen molar-refractivity contribution in [1.29, 1.82) is 5.26 Å². The maximum Gasteiger partial charge on any atom is 0.118 e. The third kappa shape index (κ3) is 2.96. The fourth-order valence-electron chi connectivity index (χ4n) is 1.70. The van der Waals surface area contributed by atoms with E-state index in [9.17, 15) is 5.26 Å². The Bertz CT molecular complexity index is 710. The monoisotopic (exact) mass is 368 g/mol. The second kappa shape index (κ2) is 6.27. The van der Waals surface area contributed by atoms with Crippen molar-refractivity contribution in [2.24, 2.45) is 5.16 Å². The van der Waals surface area contributed by atoms with Gasteiger partial charge in [-0.3, -0.25) is 0 Å². The number of hydrogen-bond donors (Lipinski definition) is 1. The van der Waals surface area contributed by atoms with Crippen LogP contribution in [0.1, 0.15) is 5.56 Å². The number of rotatable bonds is 1. The van der Waals surface area contributed by atoms with Crippen molar-refractivity contribution in [2.75, 3.05) is 0 Å². The van der Waals surface area contributed by atoms with Gasteiger partial charge in [0.15, 0.2) is 0 Å². The van der Waals surface area contributed by atoms with Gasteiger partial charge in [-0.1, -0.05) is 40.5 Å². The Hall–Kier alpha value is -1.54. The number of hydrogen-bond acceptors (Lipinski definition) is 3. The number of nitrogens with zero attached hydrogens (tertiary/aromatic N) is 2. The molecule has 20 heavy (non-hydrogen) atoms. The van der Waals surface area contributed by atoms with E-state index in [0.717, 1.165) is 0 Å². The van der Waals surface area contributed by atoms with Gasteiger partial charge >= 0.3 is 0 Å². The second-order valence-electron chi connectivity index (χ2n) is 3.88. The van der Waals surface area contributed by atoms with Crippen LogP contribution in [-0.4, -0.2) is 10.9 Å². The molecule has 1 aromatic carbocycles. The van der Waals surface area contributed by atoms with E-state index in [1.54, 1.807) is 30.3 Å². The van der Waals surface area contributed by atoms with Crippen LogP contribution in [0.4, 0.5) is 0 Å². The predicted molar refractivity (Wildman–Crippen MR) is 84.2 cm³/mol. The van der Waals surface area contributed by atoms with Crippen molar-refractivity contribution in [1.82, 2.24) is 0 Å². The summed E-state index contributed by atoms with van der Waals surface area (Å²) >= 11 is 15.2. The van der Waals surface area contributed by atoms with Gasteiger partial charge in [0.1, 0.15) is 11.8 Å². The van der Waals surface area contributed by atoms with E-state index < -0.39 is 0 Å². The first-order chi connectivity index (χ1) is 9.56. The lowest BCUT2D eigenvalue weighted by molar-refractivity contribution is 0.320. The van der Waals surface area contributed by atoms with E-state index in [1.807, 2.05) is 0 Å². The van der Waals surface area contributed by atoms with Crippen LogP contribution in [0.5, 0.6) is 0 Å². The molecule has 0 atom stereocenters. The van der Waals surface area contributed by atoms with Gasteiger partial charge in [-0.25, -0.2) is 0 Å². The SMILES string of the molecule is N#C/C(=C1C=C(Br)/C(=N\O)C=C\1Cl)c1ccc(Cl)cc1. The van der Waals surface area contributed by atoms with Gasteiger partial charge in [-0.05, 0) is 45.8 Å². The summed E-state index contributed by atoms with van der Waals surface area (Å²) in [5.41, 5.74) is 1.97. The maximum absolute atomic E-state index is 9.38. The van der Waals surface area contributed by atoms with Gasteiger partial charge in [0.05, 0.1) is 10.6 Å². The van der Waals surface area contributed by atoms with Crippen LogP contribution in [-0.2, 0) is 0 Å². The first kappa shape index (κ1) is 14.9. The Morgan fingerprint density at radius 3 is 2.40 bits per heavy atom. The summed E-state index contributed by atoms with van der Waals surface area (Å²) < 4.78 is 0.543. The van der Waals surface area contributed by atoms with Crippen molar-refractivity contribution in [3.63, 3.8) is 0 Å². The minimum atomic E-state index is 0.298. The summed E-state index contributed by atoms with van der Waals surface area (Å²) in [5, 5.41) is 22.2. The lowest BCUT2D eigenvalue weighted by atomic mass is 9.97. The Labute approximate surface area is 134 Å². The number of allylic oxidation sites excluding steroid dienone is 6. The van der Waals surface area contributed by atoms with Crippen LogP contribution >= 0.6 is 39.1 Å². The average Bonchev–Trinajstić information content (AvgIpc) is 2.45. The molecule has 1 aliphatic carbocycles. The highest BCUT2D eigenvalue weighted by atomic mass is 79.9. The fourth-order valence-corrected chi connectivity index (χ4v) is 2.50. The lowest BCUT2D eigenvalue weighted by Gasteiger charge is -2.12. The molecule has 0 aliphatic heterocycles. The van der Waals surface area contributed by atoms with Gasteiger partial charge in [0, 0.05) is 15.1 Å². The van der Waals surface area contributed by atoms with Crippen LogP contribution in [0, 0.1) is 11.3 Å². The van der Waals surface area contributed by atoms with Crippen molar-refractivity contribution >= 4 is 50.4 Å². The minimum Gasteiger partial charge on any atom is -0.410 e. The van der Waals surface area contributed by atoms with Crippen LogP contribution in [0.15, 0.2) is 56.7 Å². The van der Waals surface area contributed by atoms with Gasteiger partial charge in [0.2, 0.25) is 0 Å². The standard InChI is InChI=1S/C14H7BrCl2N2O/c15-12-5-10(13(17)6-14(12)19-20)11(7-18)8-1-3-9(16)4-2-8/h1-6,20H/b11-10-,19-14-. The first-order valence-electron chi connectivity index (χ1n) is 5.44. The molecule has 0 heterocycles. The number of halogens is 3. The van der Waals surface area contributed by atoms with Gasteiger partial charge in [0.25, 0.3) is 0 Å². The summed E-state index contributed by atoms with van der Waals surface area (Å²) in [5.74, 6) is 0. The zero-order valence-electron chi connectivity index (χ0n) is 9.94. The van der Waals surface area contributed by atoms with E-state index in [4.69, 9.17) is 28.4 Å². The zero-order chi connectivity index (χ0) is 14.7. The molecule has 0 unspecified atom stereocenters. The molecule has 0 saturated carbocycles. The zero-order valence-corrected chi connectivity index (χ0v) is 13.0. The Balaban J connectivity index is 2.61. The Morgan fingerprint density at radius 1 is 1.20 bits per heavy atom. The van der Waals surface area contributed by atoms with Crippen molar-refractivity contribution in [3.05, 3.63) is 62.1 Å². The normalized spacial score (nSPS) is 19.2. The predicted octanol–water partition coefficient (Wildman–Crippen LogP) is 4.86. The van der Waals surface area contributed by atoms with E-state index in [-0.39, 0.29) is 0 Å². The van der Waals surface area contributed by atoms with Gasteiger partial charge < -0.3 is 5.21 Å². The molecule has 0 bridgehead atoms. The Kier molecular flexibility index (Phi) is 4.66. The molecule has 0 spiro atoms. The molecule has 1 aromatic rings. The van der Waals surface area contributed by atoms with Crippen LogP contribution < -0.4 is 0 Å². The van der Waals surface area contributed by atoms with E-state index in [1.165, 1.54) is 6.08 Å². The molecule has 100 valence electrons. The summed E-state index contributed by atoms with van der Waals surface area (Å²) in [6.07, 6.45) is 3.12. The van der Waals surface area contributed by atoms with E-state index in [2.05, 4.69) is 27.2 Å². The van der Waals surface area contributed by atoms with E-state index >= 15 is 0 Å². The molecule has 0 aromatic heterocycles. The van der Waals surface area contributed by atoms with Gasteiger partial charge in [-0.15, -0.1) is 0 Å². The van der Waals surface area contributed by atoms with Crippen molar-refractivity contribution < 1.29 is 5.21 Å². The smallest absolute Gasteiger partial charge is 0.118 e. The number of benzene rings is 1. The van der Waals surface area contributed by atoms with E-state index in [0.29, 0.717) is 37.0 Å². The third-order valence-corrected chi connectivity index (χ3v) is 3.86. The topological polar surface area (TPSA) is 56.4 Å². The number of oxime groups is 1. The molecular formula is C14H7BrCl2N2O.